The van der Waals surface area contributed by atoms with Gasteiger partial charge in [-0.1, -0.05) is 19.3 Å². The van der Waals surface area contributed by atoms with E-state index in [2.05, 4.69) is 5.32 Å². The molecule has 2 aliphatic rings. The number of nitrogens with one attached hydrogen (secondary N) is 1. The highest BCUT2D eigenvalue weighted by atomic mass is 16.4. The summed E-state index contributed by atoms with van der Waals surface area (Å²) in [6, 6.07) is -0.304. The number of imide groups is 1. The van der Waals surface area contributed by atoms with Crippen LogP contribution in [0, 0.1) is 5.92 Å². The number of nitrogens with zero attached hydrogens (tertiary/aromatic N) is 1. The fraction of sp³-hybridized carbons (Fsp3) is 0.769. The van der Waals surface area contributed by atoms with Crippen LogP contribution in [0.5, 0.6) is 0 Å². The number of likely N-dealkylation sites (tertiary alicyclic amines) is 1. The molecule has 6 nitrogen and oxygen atoms in total. The monoisotopic (exact) mass is 268 g/mol. The molecule has 1 heterocycles. The Morgan fingerprint density at radius 1 is 1.16 bits per heavy atom. The maximum absolute atomic E-state index is 12.0. The SMILES string of the molecule is O=C(O)C1CCC(=O)N(C(=O)NC2CCCCC2)C1. The smallest absolute Gasteiger partial charge is 0.324 e. The maximum atomic E-state index is 12.0. The van der Waals surface area contributed by atoms with Crippen molar-refractivity contribution in [2.24, 2.45) is 5.92 Å². The van der Waals surface area contributed by atoms with Gasteiger partial charge in [0.2, 0.25) is 5.91 Å². The van der Waals surface area contributed by atoms with Gasteiger partial charge in [0.25, 0.3) is 0 Å². The predicted octanol–water partition coefficient (Wildman–Crippen LogP) is 1.35. The van der Waals surface area contributed by atoms with Crippen molar-refractivity contribution >= 4 is 17.9 Å². The zero-order valence-electron chi connectivity index (χ0n) is 10.9. The quantitative estimate of drug-likeness (QED) is 0.791. The van der Waals surface area contributed by atoms with Gasteiger partial charge in [0, 0.05) is 19.0 Å². The van der Waals surface area contributed by atoms with E-state index in [0.29, 0.717) is 6.42 Å². The Kier molecular flexibility index (Phi) is 4.39. The summed E-state index contributed by atoms with van der Waals surface area (Å²) in [6.45, 7) is -0.00722. The minimum absolute atomic E-state index is 0.00722. The molecule has 0 aromatic heterocycles. The normalized spacial score (nSPS) is 25.2. The van der Waals surface area contributed by atoms with Crippen LogP contribution in [-0.2, 0) is 9.59 Å². The van der Waals surface area contributed by atoms with E-state index in [1.807, 2.05) is 0 Å². The van der Waals surface area contributed by atoms with Crippen LogP contribution in [0.15, 0.2) is 0 Å². The fourth-order valence-electron chi connectivity index (χ4n) is 2.74. The van der Waals surface area contributed by atoms with E-state index in [9.17, 15) is 14.4 Å². The van der Waals surface area contributed by atoms with E-state index in [1.165, 1.54) is 6.42 Å². The summed E-state index contributed by atoms with van der Waals surface area (Å²) in [5.41, 5.74) is 0. The number of rotatable bonds is 2. The molecule has 106 valence electrons. The van der Waals surface area contributed by atoms with E-state index >= 15 is 0 Å². The summed E-state index contributed by atoms with van der Waals surface area (Å²) < 4.78 is 0. The van der Waals surface area contributed by atoms with E-state index in [-0.39, 0.29) is 24.9 Å². The molecule has 2 rings (SSSR count). The second-order valence-electron chi connectivity index (χ2n) is 5.36. The molecule has 19 heavy (non-hydrogen) atoms. The number of carboxylic acids is 1. The van der Waals surface area contributed by atoms with Crippen molar-refractivity contribution in [1.82, 2.24) is 10.2 Å². The fourth-order valence-corrected chi connectivity index (χ4v) is 2.74. The van der Waals surface area contributed by atoms with Crippen molar-refractivity contribution in [2.45, 2.75) is 51.0 Å². The van der Waals surface area contributed by atoms with Gasteiger partial charge in [0.1, 0.15) is 0 Å². The Hall–Kier alpha value is -1.59. The highest BCUT2D eigenvalue weighted by molar-refractivity contribution is 5.96. The number of carboxylic acid groups (broad SMARTS) is 1. The Bertz CT molecular complexity index is 377. The number of hydrogen-bond acceptors (Lipinski definition) is 3. The number of urea groups is 1. The number of amides is 3. The molecule has 1 aliphatic carbocycles. The Morgan fingerprint density at radius 3 is 2.47 bits per heavy atom. The standard InChI is InChI=1S/C13H20N2O4/c16-11-7-6-9(12(17)18)8-15(11)13(19)14-10-4-2-1-3-5-10/h9-10H,1-8H2,(H,14,19)(H,17,18). The molecule has 2 fully saturated rings. The van der Waals surface area contributed by atoms with Crippen LogP contribution >= 0.6 is 0 Å². The van der Waals surface area contributed by atoms with Crippen molar-refractivity contribution in [2.75, 3.05) is 6.54 Å². The third-order valence-corrected chi connectivity index (χ3v) is 3.94. The van der Waals surface area contributed by atoms with Gasteiger partial charge >= 0.3 is 12.0 Å². The molecule has 0 bridgehead atoms. The van der Waals surface area contributed by atoms with Gasteiger partial charge in [0.05, 0.1) is 5.92 Å². The molecule has 0 radical (unpaired) electrons. The van der Waals surface area contributed by atoms with Crippen molar-refractivity contribution in [3.63, 3.8) is 0 Å². The summed E-state index contributed by atoms with van der Waals surface area (Å²) in [6.07, 6.45) is 5.71. The number of piperidine rings is 1. The van der Waals surface area contributed by atoms with Crippen LogP contribution in [0.1, 0.15) is 44.9 Å². The number of hydrogen-bond donors (Lipinski definition) is 2. The average molecular weight is 268 g/mol. The third-order valence-electron chi connectivity index (χ3n) is 3.94. The lowest BCUT2D eigenvalue weighted by atomic mass is 9.95. The van der Waals surface area contributed by atoms with Gasteiger partial charge in [0.15, 0.2) is 0 Å². The van der Waals surface area contributed by atoms with Crippen LogP contribution in [0.4, 0.5) is 4.79 Å². The number of carbonyl (C=O) groups excluding carboxylic acids is 2. The van der Waals surface area contributed by atoms with E-state index in [4.69, 9.17) is 5.11 Å². The number of carbonyl (C=O) groups is 3. The molecule has 2 N–H and O–H groups in total. The van der Waals surface area contributed by atoms with Gasteiger partial charge in [-0.25, -0.2) is 4.79 Å². The van der Waals surface area contributed by atoms with Crippen molar-refractivity contribution in [3.05, 3.63) is 0 Å². The first-order valence-electron chi connectivity index (χ1n) is 6.91. The Balaban J connectivity index is 1.92. The minimum Gasteiger partial charge on any atom is -0.481 e. The molecule has 3 amide bonds. The van der Waals surface area contributed by atoms with Crippen LogP contribution in [0.25, 0.3) is 0 Å². The van der Waals surface area contributed by atoms with Crippen LogP contribution in [0.3, 0.4) is 0 Å². The molecular weight excluding hydrogens is 248 g/mol. The first-order chi connectivity index (χ1) is 9.08. The van der Waals surface area contributed by atoms with Crippen LogP contribution in [0.2, 0.25) is 0 Å². The van der Waals surface area contributed by atoms with Crippen LogP contribution < -0.4 is 5.32 Å². The molecule has 0 spiro atoms. The van der Waals surface area contributed by atoms with Gasteiger partial charge in [-0.3, -0.25) is 14.5 Å². The summed E-state index contributed by atoms with van der Waals surface area (Å²) in [4.78, 5) is 35.8. The first kappa shape index (κ1) is 13.8. The van der Waals surface area contributed by atoms with Crippen molar-refractivity contribution < 1.29 is 19.5 Å². The molecule has 1 saturated heterocycles. The molecule has 6 heteroatoms. The lowest BCUT2D eigenvalue weighted by Gasteiger charge is -2.31. The summed E-state index contributed by atoms with van der Waals surface area (Å²) >= 11 is 0. The lowest BCUT2D eigenvalue weighted by molar-refractivity contribution is -0.145. The lowest BCUT2D eigenvalue weighted by Crippen LogP contribution is -2.52. The van der Waals surface area contributed by atoms with Crippen molar-refractivity contribution in [3.8, 4) is 0 Å². The molecule has 1 saturated carbocycles. The van der Waals surface area contributed by atoms with Gasteiger partial charge in [-0.15, -0.1) is 0 Å². The minimum atomic E-state index is -0.942. The van der Waals surface area contributed by atoms with Gasteiger partial charge < -0.3 is 10.4 Å². The highest BCUT2D eigenvalue weighted by Crippen LogP contribution is 2.20. The maximum Gasteiger partial charge on any atom is 0.324 e. The number of aliphatic carboxylic acids is 1. The topological polar surface area (TPSA) is 86.7 Å². The summed E-state index contributed by atoms with van der Waals surface area (Å²) in [5.74, 6) is -1.84. The molecule has 1 atom stereocenters. The average Bonchev–Trinajstić information content (AvgIpc) is 2.40. The highest BCUT2D eigenvalue weighted by Gasteiger charge is 2.34. The zero-order valence-corrected chi connectivity index (χ0v) is 10.9. The third kappa shape index (κ3) is 3.45. The van der Waals surface area contributed by atoms with E-state index in [0.717, 1.165) is 30.6 Å². The van der Waals surface area contributed by atoms with Gasteiger partial charge in [-0.05, 0) is 19.3 Å². The molecule has 1 aliphatic heterocycles. The Labute approximate surface area is 112 Å². The first-order valence-corrected chi connectivity index (χ1v) is 6.91. The summed E-state index contributed by atoms with van der Waals surface area (Å²) in [7, 11) is 0. The molecule has 0 aromatic carbocycles. The predicted molar refractivity (Wildman–Crippen MR) is 67.5 cm³/mol. The van der Waals surface area contributed by atoms with E-state index in [1.54, 1.807) is 0 Å². The zero-order chi connectivity index (χ0) is 13.8. The van der Waals surface area contributed by atoms with Crippen molar-refractivity contribution in [1.29, 1.82) is 0 Å². The molecular formula is C13H20N2O4. The second-order valence-corrected chi connectivity index (χ2v) is 5.36. The summed E-state index contributed by atoms with van der Waals surface area (Å²) in [5, 5.41) is 11.8. The second kappa shape index (κ2) is 6.04. The van der Waals surface area contributed by atoms with Gasteiger partial charge in [-0.2, -0.15) is 0 Å². The van der Waals surface area contributed by atoms with Crippen LogP contribution in [-0.4, -0.2) is 40.5 Å². The largest absolute Gasteiger partial charge is 0.481 e. The molecule has 0 aromatic rings. The Morgan fingerprint density at radius 2 is 1.84 bits per heavy atom. The molecule has 1 unspecified atom stereocenters. The van der Waals surface area contributed by atoms with E-state index < -0.39 is 17.9 Å².